The van der Waals surface area contributed by atoms with Crippen LogP contribution in [-0.2, 0) is 20.9 Å². The van der Waals surface area contributed by atoms with Gasteiger partial charge in [0.25, 0.3) is 5.91 Å². The number of carbonyl (C=O) groups excluding carboxylic acids is 3. The maximum atomic E-state index is 14.5. The quantitative estimate of drug-likeness (QED) is 0.486. The molecule has 0 aliphatic carbocycles. The fourth-order valence-electron chi connectivity index (χ4n) is 2.95. The number of primary amides is 1. The number of esters is 2. The van der Waals surface area contributed by atoms with E-state index in [1.165, 1.54) is 37.4 Å². The first kappa shape index (κ1) is 23.0. The van der Waals surface area contributed by atoms with Gasteiger partial charge in [-0.3, -0.25) is 4.79 Å². The molecule has 10 heteroatoms. The SMILES string of the molecule is CCOC(=O)c1sc2cccc(F)c2c1COC(=O)c1ccc(OCC(N)=O)c(OC)c1. The number of hydrogen-bond donors (Lipinski definition) is 1. The van der Waals surface area contributed by atoms with Gasteiger partial charge in [-0.1, -0.05) is 6.07 Å². The lowest BCUT2D eigenvalue weighted by molar-refractivity contribution is -0.119. The number of methoxy groups -OCH3 is 1. The minimum atomic E-state index is -0.727. The van der Waals surface area contributed by atoms with E-state index in [2.05, 4.69) is 0 Å². The second-order valence-corrected chi connectivity index (χ2v) is 7.49. The van der Waals surface area contributed by atoms with Crippen molar-refractivity contribution in [3.8, 4) is 11.5 Å². The molecule has 1 heterocycles. The van der Waals surface area contributed by atoms with Gasteiger partial charge < -0.3 is 24.7 Å². The molecule has 0 aliphatic heterocycles. The second-order valence-electron chi connectivity index (χ2n) is 6.44. The lowest BCUT2D eigenvalue weighted by Gasteiger charge is -2.11. The van der Waals surface area contributed by atoms with Crippen molar-refractivity contribution in [2.24, 2.45) is 5.73 Å². The van der Waals surface area contributed by atoms with Gasteiger partial charge in [-0.25, -0.2) is 14.0 Å². The predicted octanol–water partition coefficient (Wildman–Crippen LogP) is 3.45. The van der Waals surface area contributed by atoms with Crippen LogP contribution in [-0.4, -0.2) is 38.2 Å². The summed E-state index contributed by atoms with van der Waals surface area (Å²) in [5.41, 5.74) is 5.43. The molecule has 0 saturated carbocycles. The van der Waals surface area contributed by atoms with Crippen molar-refractivity contribution < 1.29 is 37.7 Å². The molecule has 0 unspecified atom stereocenters. The van der Waals surface area contributed by atoms with E-state index in [4.69, 9.17) is 24.7 Å². The average molecular weight is 461 g/mol. The smallest absolute Gasteiger partial charge is 0.348 e. The zero-order chi connectivity index (χ0) is 23.3. The summed E-state index contributed by atoms with van der Waals surface area (Å²) in [5, 5.41) is 0.209. The summed E-state index contributed by atoms with van der Waals surface area (Å²) < 4.78 is 35.8. The van der Waals surface area contributed by atoms with Crippen LogP contribution in [0.5, 0.6) is 11.5 Å². The van der Waals surface area contributed by atoms with E-state index in [-0.39, 0.29) is 52.7 Å². The van der Waals surface area contributed by atoms with E-state index in [1.807, 2.05) is 0 Å². The zero-order valence-corrected chi connectivity index (χ0v) is 18.1. The van der Waals surface area contributed by atoms with Crippen LogP contribution in [0, 0.1) is 5.82 Å². The molecule has 0 bridgehead atoms. The Labute approximate surface area is 186 Å². The fraction of sp³-hybridized carbons (Fsp3) is 0.227. The first-order valence-electron chi connectivity index (χ1n) is 9.49. The van der Waals surface area contributed by atoms with Gasteiger partial charge in [0.05, 0.1) is 19.3 Å². The molecule has 0 atom stereocenters. The number of ether oxygens (including phenoxy) is 4. The lowest BCUT2D eigenvalue weighted by atomic mass is 10.1. The Balaban J connectivity index is 1.85. The van der Waals surface area contributed by atoms with Crippen molar-refractivity contribution in [3.63, 3.8) is 0 Å². The molecule has 1 aromatic heterocycles. The van der Waals surface area contributed by atoms with Crippen molar-refractivity contribution in [3.05, 3.63) is 58.2 Å². The van der Waals surface area contributed by atoms with Crippen LogP contribution in [0.3, 0.4) is 0 Å². The Bertz CT molecular complexity index is 1170. The van der Waals surface area contributed by atoms with Crippen LogP contribution < -0.4 is 15.2 Å². The highest BCUT2D eigenvalue weighted by Gasteiger charge is 2.23. The number of fused-ring (bicyclic) bond motifs is 1. The van der Waals surface area contributed by atoms with Crippen molar-refractivity contribution in [1.29, 1.82) is 0 Å². The third-order valence-electron chi connectivity index (χ3n) is 4.34. The molecule has 2 N–H and O–H groups in total. The molecule has 1 amide bonds. The topological polar surface area (TPSA) is 114 Å². The average Bonchev–Trinajstić information content (AvgIpc) is 3.16. The molecular formula is C22H20FNO7S. The van der Waals surface area contributed by atoms with Crippen molar-refractivity contribution in [2.75, 3.05) is 20.3 Å². The van der Waals surface area contributed by atoms with Crippen LogP contribution >= 0.6 is 11.3 Å². The maximum absolute atomic E-state index is 14.5. The van der Waals surface area contributed by atoms with Gasteiger partial charge in [0, 0.05) is 15.6 Å². The Hall–Kier alpha value is -3.66. The third-order valence-corrected chi connectivity index (χ3v) is 5.52. The van der Waals surface area contributed by atoms with Crippen LogP contribution in [0.4, 0.5) is 4.39 Å². The second kappa shape index (κ2) is 10.1. The summed E-state index contributed by atoms with van der Waals surface area (Å²) >= 11 is 1.07. The highest BCUT2D eigenvalue weighted by atomic mass is 32.1. The molecule has 2 aromatic carbocycles. The van der Waals surface area contributed by atoms with E-state index in [0.717, 1.165) is 11.3 Å². The molecule has 0 saturated heterocycles. The summed E-state index contributed by atoms with van der Waals surface area (Å²) in [6, 6.07) is 8.70. The summed E-state index contributed by atoms with van der Waals surface area (Å²) in [4.78, 5) is 36.0. The summed E-state index contributed by atoms with van der Waals surface area (Å²) in [7, 11) is 1.37. The first-order chi connectivity index (χ1) is 15.3. The molecule has 0 fully saturated rings. The Morgan fingerprint density at radius 2 is 1.84 bits per heavy atom. The van der Waals surface area contributed by atoms with Gasteiger partial charge in [0.15, 0.2) is 18.1 Å². The number of carbonyl (C=O) groups is 3. The van der Waals surface area contributed by atoms with Gasteiger partial charge in [0.1, 0.15) is 17.3 Å². The normalized spacial score (nSPS) is 10.6. The van der Waals surface area contributed by atoms with E-state index in [1.54, 1.807) is 13.0 Å². The minimum absolute atomic E-state index is 0.131. The highest BCUT2D eigenvalue weighted by molar-refractivity contribution is 7.21. The lowest BCUT2D eigenvalue weighted by Crippen LogP contribution is -2.20. The first-order valence-corrected chi connectivity index (χ1v) is 10.3. The number of hydrogen-bond acceptors (Lipinski definition) is 8. The Morgan fingerprint density at radius 1 is 1.06 bits per heavy atom. The molecule has 32 heavy (non-hydrogen) atoms. The predicted molar refractivity (Wildman–Crippen MR) is 115 cm³/mol. The number of amides is 1. The fourth-order valence-corrected chi connectivity index (χ4v) is 4.07. The largest absolute Gasteiger partial charge is 0.493 e. The molecule has 3 rings (SSSR count). The van der Waals surface area contributed by atoms with E-state index >= 15 is 0 Å². The minimum Gasteiger partial charge on any atom is -0.493 e. The number of rotatable bonds is 9. The van der Waals surface area contributed by atoms with Crippen molar-refractivity contribution >= 4 is 39.3 Å². The van der Waals surface area contributed by atoms with Gasteiger partial charge in [-0.2, -0.15) is 0 Å². The zero-order valence-electron chi connectivity index (χ0n) is 17.3. The third kappa shape index (κ3) is 4.97. The van der Waals surface area contributed by atoms with Crippen LogP contribution in [0.2, 0.25) is 0 Å². The van der Waals surface area contributed by atoms with Crippen molar-refractivity contribution in [2.45, 2.75) is 13.5 Å². The highest BCUT2D eigenvalue weighted by Crippen LogP contribution is 2.35. The molecule has 0 radical (unpaired) electrons. The molecule has 3 aromatic rings. The monoisotopic (exact) mass is 461 g/mol. The van der Waals surface area contributed by atoms with E-state index in [9.17, 15) is 18.8 Å². The molecule has 0 aliphatic rings. The van der Waals surface area contributed by atoms with Gasteiger partial charge in [0.2, 0.25) is 0 Å². The number of nitrogens with two attached hydrogens (primary N) is 1. The van der Waals surface area contributed by atoms with Gasteiger partial charge in [-0.05, 0) is 37.3 Å². The molecular weight excluding hydrogens is 441 g/mol. The van der Waals surface area contributed by atoms with Gasteiger partial charge >= 0.3 is 11.9 Å². The number of halogens is 1. The summed E-state index contributed by atoms with van der Waals surface area (Å²) in [6.07, 6.45) is 0. The summed E-state index contributed by atoms with van der Waals surface area (Å²) in [5.74, 6) is -2.12. The molecule has 8 nitrogen and oxygen atoms in total. The van der Waals surface area contributed by atoms with Crippen LogP contribution in [0.25, 0.3) is 10.1 Å². The Morgan fingerprint density at radius 3 is 2.53 bits per heavy atom. The maximum Gasteiger partial charge on any atom is 0.348 e. The van der Waals surface area contributed by atoms with E-state index < -0.39 is 23.7 Å². The van der Waals surface area contributed by atoms with Crippen LogP contribution in [0.15, 0.2) is 36.4 Å². The molecule has 0 spiro atoms. The van der Waals surface area contributed by atoms with Crippen molar-refractivity contribution in [1.82, 2.24) is 0 Å². The van der Waals surface area contributed by atoms with E-state index in [0.29, 0.717) is 4.70 Å². The molecule has 168 valence electrons. The number of thiophene rings is 1. The summed E-state index contributed by atoms with van der Waals surface area (Å²) in [6.45, 7) is 1.12. The van der Waals surface area contributed by atoms with Gasteiger partial charge in [-0.15, -0.1) is 11.3 Å². The standard InChI is InChI=1S/C22H20FNO7S/c1-3-29-22(27)20-13(19-14(23)5-4-6-17(19)32-20)10-31-21(26)12-7-8-15(16(9-12)28-2)30-11-18(24)25/h4-9H,3,10-11H2,1-2H3,(H2,24,25). The Kier molecular flexibility index (Phi) is 7.26. The van der Waals surface area contributed by atoms with Crippen LogP contribution in [0.1, 0.15) is 32.5 Å². The number of benzene rings is 2.